The first-order valence-corrected chi connectivity index (χ1v) is 12.2. The number of carbonyl (C=O) groups excluding carboxylic acids is 2. The van der Waals surface area contributed by atoms with E-state index in [1.54, 1.807) is 0 Å². The Labute approximate surface area is 199 Å². The molecule has 2 fully saturated rings. The lowest BCUT2D eigenvalue weighted by Crippen LogP contribution is -2.64. The van der Waals surface area contributed by atoms with Gasteiger partial charge in [0.2, 0.25) is 0 Å². The molecule has 0 bridgehead atoms. The minimum absolute atomic E-state index is 0.0803. The summed E-state index contributed by atoms with van der Waals surface area (Å²) in [7, 11) is 0. The smallest absolute Gasteiger partial charge is 0.317 e. The second kappa shape index (κ2) is 9.44. The molecule has 2 rings (SSSR count). The van der Waals surface area contributed by atoms with Crippen molar-refractivity contribution >= 4 is 11.9 Å². The highest BCUT2D eigenvalue weighted by Crippen LogP contribution is 2.43. The summed E-state index contributed by atoms with van der Waals surface area (Å²) < 4.78 is 11.3. The van der Waals surface area contributed by atoms with Crippen molar-refractivity contribution in [2.24, 2.45) is 11.8 Å². The van der Waals surface area contributed by atoms with Crippen LogP contribution in [0.5, 0.6) is 0 Å². The quantitative estimate of drug-likeness (QED) is 0.451. The highest BCUT2D eigenvalue weighted by atomic mass is 16.6. The number of carbonyl (C=O) groups is 2. The van der Waals surface area contributed by atoms with Gasteiger partial charge in [-0.05, 0) is 53.4 Å². The van der Waals surface area contributed by atoms with Gasteiger partial charge in [-0.15, -0.1) is 10.3 Å². The maximum absolute atomic E-state index is 12.9. The maximum atomic E-state index is 12.9. The standard InChI is InChI=1S/C25H45N2O6/c1-16(2)24(9)14-18(12-22(5,6)26(24)30)32-20(28)11-21(29)33-19-13-23(7,8)27(31)25(10,15-19)17(3)4/h16-19,30H,11-15H2,1-10H3. The van der Waals surface area contributed by atoms with Crippen LogP contribution in [0.2, 0.25) is 0 Å². The van der Waals surface area contributed by atoms with Crippen LogP contribution in [0.4, 0.5) is 0 Å². The molecular formula is C25H45N2O6. The van der Waals surface area contributed by atoms with Gasteiger partial charge in [-0.1, -0.05) is 27.7 Å². The van der Waals surface area contributed by atoms with Crippen LogP contribution >= 0.6 is 0 Å². The Kier molecular flexibility index (Phi) is 8.01. The molecule has 191 valence electrons. The third-order valence-electron chi connectivity index (χ3n) is 8.18. The topological polar surface area (TPSA) is 99.2 Å². The number of hydroxylamine groups is 4. The fraction of sp³-hybridized carbons (Fsp3) is 0.920. The summed E-state index contributed by atoms with van der Waals surface area (Å²) in [6.45, 7) is 19.5. The zero-order valence-corrected chi connectivity index (χ0v) is 22.2. The molecule has 4 atom stereocenters. The fourth-order valence-electron chi connectivity index (χ4n) is 5.59. The number of ether oxygens (including phenoxy) is 2. The first kappa shape index (κ1) is 28.0. The number of hydrogen-bond acceptors (Lipinski definition) is 7. The molecule has 0 aliphatic carbocycles. The summed E-state index contributed by atoms with van der Waals surface area (Å²) in [4.78, 5) is 25.2. The number of rotatable bonds is 6. The van der Waals surface area contributed by atoms with Gasteiger partial charge in [0.1, 0.15) is 18.6 Å². The van der Waals surface area contributed by atoms with Crippen LogP contribution in [-0.4, -0.2) is 61.6 Å². The molecule has 8 nitrogen and oxygen atoms in total. The lowest BCUT2D eigenvalue weighted by molar-refractivity contribution is -0.313. The molecule has 33 heavy (non-hydrogen) atoms. The Bertz CT molecular complexity index is 676. The molecule has 0 aromatic heterocycles. The number of nitrogens with zero attached hydrogens (tertiary/aromatic N) is 2. The van der Waals surface area contributed by atoms with Crippen LogP contribution in [0.25, 0.3) is 0 Å². The van der Waals surface area contributed by atoms with Gasteiger partial charge < -0.3 is 14.7 Å². The van der Waals surface area contributed by atoms with Crippen molar-refractivity contribution in [2.45, 2.75) is 136 Å². The van der Waals surface area contributed by atoms with Crippen LogP contribution in [0.3, 0.4) is 0 Å². The van der Waals surface area contributed by atoms with Crippen molar-refractivity contribution in [3.05, 3.63) is 0 Å². The summed E-state index contributed by atoms with van der Waals surface area (Å²) in [5.41, 5.74) is -2.44. The third-order valence-corrected chi connectivity index (χ3v) is 8.18. The van der Waals surface area contributed by atoms with Crippen molar-refractivity contribution in [3.63, 3.8) is 0 Å². The monoisotopic (exact) mass is 469 g/mol. The van der Waals surface area contributed by atoms with E-state index in [4.69, 9.17) is 9.47 Å². The van der Waals surface area contributed by atoms with E-state index in [0.29, 0.717) is 25.7 Å². The summed E-state index contributed by atoms with van der Waals surface area (Å²) in [5, 5.41) is 26.2. The summed E-state index contributed by atoms with van der Waals surface area (Å²) >= 11 is 0. The van der Waals surface area contributed by atoms with Gasteiger partial charge >= 0.3 is 11.9 Å². The number of hydrogen-bond donors (Lipinski definition) is 1. The summed E-state index contributed by atoms with van der Waals surface area (Å²) in [6, 6.07) is 0. The van der Waals surface area contributed by atoms with Crippen LogP contribution in [0, 0.1) is 11.8 Å². The molecule has 2 aliphatic rings. The largest absolute Gasteiger partial charge is 0.462 e. The van der Waals surface area contributed by atoms with Crippen LogP contribution < -0.4 is 0 Å². The molecule has 0 saturated carbocycles. The SMILES string of the molecule is CC(C)C1(C)CC(OC(=O)CC(=O)OC2CC(C)(C)N(O)C(C)(C(C)C)C2)CC(C)(C)N1[O]. The van der Waals surface area contributed by atoms with Crippen LogP contribution in [-0.2, 0) is 24.3 Å². The van der Waals surface area contributed by atoms with Crippen molar-refractivity contribution in [1.29, 1.82) is 0 Å². The molecule has 1 radical (unpaired) electrons. The van der Waals surface area contributed by atoms with Gasteiger partial charge in [0.05, 0.1) is 5.54 Å². The van der Waals surface area contributed by atoms with E-state index in [9.17, 15) is 20.0 Å². The van der Waals surface area contributed by atoms with Crippen molar-refractivity contribution in [2.75, 3.05) is 0 Å². The van der Waals surface area contributed by atoms with Crippen LogP contribution in [0.15, 0.2) is 0 Å². The van der Waals surface area contributed by atoms with Crippen molar-refractivity contribution < 1.29 is 29.5 Å². The Morgan fingerprint density at radius 2 is 1.18 bits per heavy atom. The van der Waals surface area contributed by atoms with Gasteiger partial charge in [0.15, 0.2) is 0 Å². The zero-order chi connectivity index (χ0) is 25.6. The molecule has 1 N–H and O–H groups in total. The molecule has 0 aromatic carbocycles. The van der Waals surface area contributed by atoms with E-state index in [2.05, 4.69) is 0 Å². The molecule has 0 amide bonds. The van der Waals surface area contributed by atoms with E-state index in [-0.39, 0.29) is 11.8 Å². The lowest BCUT2D eigenvalue weighted by Gasteiger charge is -2.54. The van der Waals surface area contributed by atoms with Crippen molar-refractivity contribution in [3.8, 4) is 0 Å². The number of piperidine rings is 2. The molecular weight excluding hydrogens is 424 g/mol. The van der Waals surface area contributed by atoms with E-state index < -0.39 is 52.7 Å². The normalized spacial score (nSPS) is 35.0. The molecule has 2 aliphatic heterocycles. The Morgan fingerprint density at radius 3 is 1.61 bits per heavy atom. The molecule has 2 saturated heterocycles. The number of esters is 2. The summed E-state index contributed by atoms with van der Waals surface area (Å²) in [6.07, 6.45) is 0.490. The highest BCUT2D eigenvalue weighted by molar-refractivity contribution is 5.91. The van der Waals surface area contributed by atoms with Gasteiger partial charge in [-0.2, -0.15) is 5.06 Å². The van der Waals surface area contributed by atoms with Gasteiger partial charge in [-0.25, -0.2) is 0 Å². The molecule has 8 heteroatoms. The minimum atomic E-state index is -0.673. The maximum Gasteiger partial charge on any atom is 0.317 e. The Morgan fingerprint density at radius 1 is 0.788 bits per heavy atom. The first-order chi connectivity index (χ1) is 14.8. The Balaban J connectivity index is 2.00. The minimum Gasteiger partial charge on any atom is -0.462 e. The fourth-order valence-corrected chi connectivity index (χ4v) is 5.59. The lowest BCUT2D eigenvalue weighted by atomic mass is 9.73. The predicted molar refractivity (Wildman–Crippen MR) is 124 cm³/mol. The van der Waals surface area contributed by atoms with Gasteiger partial charge in [0, 0.05) is 42.3 Å². The highest BCUT2D eigenvalue weighted by Gasteiger charge is 2.52. The van der Waals surface area contributed by atoms with E-state index in [1.165, 1.54) is 5.06 Å². The molecule has 2 heterocycles. The van der Waals surface area contributed by atoms with E-state index in [0.717, 1.165) is 5.06 Å². The Hall–Kier alpha value is -1.22. The van der Waals surface area contributed by atoms with Crippen LogP contribution in [0.1, 0.15) is 101 Å². The molecule has 0 spiro atoms. The van der Waals surface area contributed by atoms with Gasteiger partial charge in [-0.3, -0.25) is 9.59 Å². The summed E-state index contributed by atoms with van der Waals surface area (Å²) in [5.74, 6) is -1.03. The molecule has 0 aromatic rings. The van der Waals surface area contributed by atoms with Gasteiger partial charge in [0.25, 0.3) is 0 Å². The molecule has 4 unspecified atom stereocenters. The third kappa shape index (κ3) is 5.72. The van der Waals surface area contributed by atoms with Crippen molar-refractivity contribution in [1.82, 2.24) is 10.1 Å². The average molecular weight is 470 g/mol. The average Bonchev–Trinajstić information content (AvgIpc) is 2.62. The second-order valence-corrected chi connectivity index (χ2v) is 12.5. The van der Waals surface area contributed by atoms with E-state index in [1.807, 2.05) is 69.2 Å². The van der Waals surface area contributed by atoms with E-state index >= 15 is 0 Å². The first-order valence-electron chi connectivity index (χ1n) is 12.2. The predicted octanol–water partition coefficient (Wildman–Crippen LogP) is 4.51. The second-order valence-electron chi connectivity index (χ2n) is 12.5. The zero-order valence-electron chi connectivity index (χ0n) is 22.2.